The van der Waals surface area contributed by atoms with Crippen LogP contribution in [0.4, 0.5) is 0 Å². The fourth-order valence-corrected chi connectivity index (χ4v) is 4.30. The highest BCUT2D eigenvalue weighted by Crippen LogP contribution is 2.46. The van der Waals surface area contributed by atoms with Gasteiger partial charge in [0.1, 0.15) is 13.2 Å². The van der Waals surface area contributed by atoms with Crippen LogP contribution in [0.5, 0.6) is 11.5 Å². The number of rotatable bonds is 4. The van der Waals surface area contributed by atoms with Crippen molar-refractivity contribution in [2.24, 2.45) is 0 Å². The number of hydrogen-bond acceptors (Lipinski definition) is 4. The van der Waals surface area contributed by atoms with Crippen LogP contribution in [0.3, 0.4) is 0 Å². The number of benzene rings is 2. The lowest BCUT2D eigenvalue weighted by atomic mass is 10.1. The molecule has 5 nitrogen and oxygen atoms in total. The second-order valence-electron chi connectivity index (χ2n) is 5.86. The average molecular weight is 331 g/mol. The molecular weight excluding hydrogens is 314 g/mol. The lowest BCUT2D eigenvalue weighted by molar-refractivity contribution is 0.171. The van der Waals surface area contributed by atoms with E-state index in [0.717, 1.165) is 18.4 Å². The van der Waals surface area contributed by atoms with Gasteiger partial charge in [0.05, 0.1) is 10.4 Å². The van der Waals surface area contributed by atoms with Crippen LogP contribution in [0.25, 0.3) is 0 Å². The smallest absolute Gasteiger partial charge is 0.241 e. The molecule has 0 atom stereocenters. The van der Waals surface area contributed by atoms with E-state index in [4.69, 9.17) is 9.47 Å². The van der Waals surface area contributed by atoms with E-state index in [2.05, 4.69) is 4.72 Å². The molecule has 0 saturated heterocycles. The van der Waals surface area contributed by atoms with Crippen molar-refractivity contribution >= 4 is 10.0 Å². The van der Waals surface area contributed by atoms with Crippen molar-refractivity contribution in [2.75, 3.05) is 13.2 Å². The van der Waals surface area contributed by atoms with Crippen LogP contribution in [0.1, 0.15) is 18.4 Å². The first-order chi connectivity index (χ1) is 11.1. The Morgan fingerprint density at radius 3 is 2.30 bits per heavy atom. The molecule has 0 spiro atoms. The Bertz CT molecular complexity index is 829. The van der Waals surface area contributed by atoms with Gasteiger partial charge in [-0.2, -0.15) is 0 Å². The summed E-state index contributed by atoms with van der Waals surface area (Å²) in [6.07, 6.45) is 1.61. The van der Waals surface area contributed by atoms with Crippen molar-refractivity contribution in [3.63, 3.8) is 0 Å². The second kappa shape index (κ2) is 5.25. The Kier molecular flexibility index (Phi) is 3.32. The van der Waals surface area contributed by atoms with Crippen molar-refractivity contribution in [2.45, 2.75) is 23.3 Å². The van der Waals surface area contributed by atoms with Crippen LogP contribution in [0, 0.1) is 0 Å². The molecule has 0 unspecified atom stereocenters. The van der Waals surface area contributed by atoms with Gasteiger partial charge in [-0.25, -0.2) is 13.1 Å². The van der Waals surface area contributed by atoms with Gasteiger partial charge in [-0.3, -0.25) is 0 Å². The van der Waals surface area contributed by atoms with E-state index in [0.29, 0.717) is 24.7 Å². The van der Waals surface area contributed by atoms with E-state index >= 15 is 0 Å². The maximum atomic E-state index is 12.7. The summed E-state index contributed by atoms with van der Waals surface area (Å²) in [5.74, 6) is 1.06. The molecule has 120 valence electrons. The Labute approximate surface area is 135 Å². The van der Waals surface area contributed by atoms with E-state index in [9.17, 15) is 8.42 Å². The third-order valence-electron chi connectivity index (χ3n) is 4.23. The fraction of sp³-hybridized carbons (Fsp3) is 0.294. The van der Waals surface area contributed by atoms with E-state index < -0.39 is 15.6 Å². The normalized spacial score (nSPS) is 18.4. The molecule has 2 aromatic rings. The Hall–Kier alpha value is -2.05. The molecule has 1 aliphatic carbocycles. The molecule has 1 saturated carbocycles. The molecule has 0 bridgehead atoms. The van der Waals surface area contributed by atoms with Gasteiger partial charge in [0.15, 0.2) is 11.5 Å². The maximum absolute atomic E-state index is 12.7. The van der Waals surface area contributed by atoms with Crippen LogP contribution in [0.15, 0.2) is 53.4 Å². The number of ether oxygens (including phenoxy) is 2. The van der Waals surface area contributed by atoms with Gasteiger partial charge in [0.2, 0.25) is 10.0 Å². The van der Waals surface area contributed by atoms with Gasteiger partial charge in [-0.15, -0.1) is 0 Å². The number of nitrogens with one attached hydrogen (secondary N) is 1. The molecule has 1 N–H and O–H groups in total. The predicted molar refractivity (Wildman–Crippen MR) is 85.1 cm³/mol. The molecule has 4 rings (SSSR count). The van der Waals surface area contributed by atoms with E-state index in [1.807, 2.05) is 30.3 Å². The van der Waals surface area contributed by atoms with Crippen LogP contribution in [-0.4, -0.2) is 21.6 Å². The van der Waals surface area contributed by atoms with Gasteiger partial charge in [0.25, 0.3) is 0 Å². The highest BCUT2D eigenvalue weighted by molar-refractivity contribution is 7.89. The predicted octanol–water partition coefficient (Wildman–Crippen LogP) is 2.43. The number of fused-ring (bicyclic) bond motifs is 1. The van der Waals surface area contributed by atoms with Crippen LogP contribution >= 0.6 is 0 Å². The molecule has 1 aliphatic heterocycles. The fourth-order valence-electron chi connectivity index (χ4n) is 2.84. The van der Waals surface area contributed by atoms with Gasteiger partial charge >= 0.3 is 0 Å². The molecule has 1 fully saturated rings. The quantitative estimate of drug-likeness (QED) is 0.934. The van der Waals surface area contributed by atoms with Crippen LogP contribution < -0.4 is 14.2 Å². The van der Waals surface area contributed by atoms with Gasteiger partial charge in [-0.05, 0) is 30.5 Å². The molecule has 6 heteroatoms. The van der Waals surface area contributed by atoms with Crippen molar-refractivity contribution in [1.29, 1.82) is 0 Å². The number of sulfonamides is 1. The molecule has 0 radical (unpaired) electrons. The summed E-state index contributed by atoms with van der Waals surface area (Å²) in [6.45, 7) is 0.909. The zero-order valence-electron chi connectivity index (χ0n) is 12.5. The lowest BCUT2D eigenvalue weighted by Gasteiger charge is -2.21. The second-order valence-corrected chi connectivity index (χ2v) is 7.54. The summed E-state index contributed by atoms with van der Waals surface area (Å²) >= 11 is 0. The standard InChI is InChI=1S/C17H17NO4S/c19-23(20,14-6-7-15-16(12-14)22-11-10-21-15)18-17(8-9-17)13-4-2-1-3-5-13/h1-7,12,18H,8-11H2. The van der Waals surface area contributed by atoms with Gasteiger partial charge in [0, 0.05) is 6.07 Å². The van der Waals surface area contributed by atoms with Crippen LogP contribution in [-0.2, 0) is 15.6 Å². The Balaban J connectivity index is 1.64. The van der Waals surface area contributed by atoms with Gasteiger partial charge < -0.3 is 9.47 Å². The minimum Gasteiger partial charge on any atom is -0.486 e. The SMILES string of the molecule is O=S(=O)(NC1(c2ccccc2)CC1)c1ccc2c(c1)OCCO2. The summed E-state index contributed by atoms with van der Waals surface area (Å²) < 4.78 is 39.2. The van der Waals surface area contributed by atoms with E-state index in [-0.39, 0.29) is 4.90 Å². The maximum Gasteiger partial charge on any atom is 0.241 e. The van der Waals surface area contributed by atoms with Crippen molar-refractivity contribution in [3.8, 4) is 11.5 Å². The van der Waals surface area contributed by atoms with E-state index in [1.54, 1.807) is 12.1 Å². The summed E-state index contributed by atoms with van der Waals surface area (Å²) in [5.41, 5.74) is 0.522. The summed E-state index contributed by atoms with van der Waals surface area (Å²) in [5, 5.41) is 0. The zero-order chi connectivity index (χ0) is 15.9. The number of hydrogen-bond donors (Lipinski definition) is 1. The Morgan fingerprint density at radius 2 is 1.61 bits per heavy atom. The third-order valence-corrected chi connectivity index (χ3v) is 5.76. The van der Waals surface area contributed by atoms with Crippen molar-refractivity contribution in [1.82, 2.24) is 4.72 Å². The molecule has 2 aliphatic rings. The summed E-state index contributed by atoms with van der Waals surface area (Å²) in [4.78, 5) is 0.198. The first-order valence-corrected chi connectivity index (χ1v) is 9.07. The minimum atomic E-state index is -3.62. The molecule has 23 heavy (non-hydrogen) atoms. The summed E-state index contributed by atoms with van der Waals surface area (Å²) in [6, 6.07) is 14.4. The summed E-state index contributed by atoms with van der Waals surface area (Å²) in [7, 11) is -3.62. The highest BCUT2D eigenvalue weighted by Gasteiger charge is 2.47. The van der Waals surface area contributed by atoms with E-state index in [1.165, 1.54) is 6.07 Å². The van der Waals surface area contributed by atoms with Gasteiger partial charge in [-0.1, -0.05) is 30.3 Å². The average Bonchev–Trinajstić information content (AvgIpc) is 3.35. The lowest BCUT2D eigenvalue weighted by Crippen LogP contribution is -2.34. The zero-order valence-corrected chi connectivity index (χ0v) is 13.3. The molecule has 1 heterocycles. The molecular formula is C17H17NO4S. The van der Waals surface area contributed by atoms with Crippen LogP contribution in [0.2, 0.25) is 0 Å². The third kappa shape index (κ3) is 2.68. The first-order valence-electron chi connectivity index (χ1n) is 7.58. The monoisotopic (exact) mass is 331 g/mol. The van der Waals surface area contributed by atoms with Crippen molar-refractivity contribution < 1.29 is 17.9 Å². The molecule has 0 amide bonds. The first kappa shape index (κ1) is 14.5. The minimum absolute atomic E-state index is 0.198. The molecule has 2 aromatic carbocycles. The Morgan fingerprint density at radius 1 is 0.913 bits per heavy atom. The topological polar surface area (TPSA) is 64.6 Å². The van der Waals surface area contributed by atoms with Crippen molar-refractivity contribution in [3.05, 3.63) is 54.1 Å². The largest absolute Gasteiger partial charge is 0.486 e. The highest BCUT2D eigenvalue weighted by atomic mass is 32.2. The molecule has 0 aromatic heterocycles.